The molecule has 0 fully saturated rings. The van der Waals surface area contributed by atoms with Crippen molar-refractivity contribution in [2.45, 2.75) is 52.6 Å². The maximum Gasteiger partial charge on any atom is 0.0598 e. The van der Waals surface area contributed by atoms with Crippen molar-refractivity contribution in [1.82, 2.24) is 0 Å². The van der Waals surface area contributed by atoms with Gasteiger partial charge in [0.15, 0.2) is 0 Å². The maximum atomic E-state index is 5.58. The van der Waals surface area contributed by atoms with Crippen LogP contribution in [0.2, 0.25) is 0 Å². The van der Waals surface area contributed by atoms with Gasteiger partial charge in [-0.1, -0.05) is 6.92 Å². The van der Waals surface area contributed by atoms with Gasteiger partial charge in [-0.3, -0.25) is 0 Å². The van der Waals surface area contributed by atoms with Gasteiger partial charge >= 0.3 is 0 Å². The van der Waals surface area contributed by atoms with Crippen LogP contribution < -0.4 is 0 Å². The lowest BCUT2D eigenvalue weighted by Gasteiger charge is -2.19. The molecule has 0 amide bonds. The molecule has 0 bridgehead atoms. The smallest absolute Gasteiger partial charge is 0.0598 e. The van der Waals surface area contributed by atoms with Crippen molar-refractivity contribution in [1.29, 1.82) is 0 Å². The van der Waals surface area contributed by atoms with Crippen LogP contribution in [0.5, 0.6) is 0 Å². The van der Waals surface area contributed by atoms with Crippen LogP contribution in [-0.4, -0.2) is 25.4 Å². The number of rotatable bonds is 7. The van der Waals surface area contributed by atoms with Gasteiger partial charge in [0.05, 0.1) is 5.60 Å². The molecule has 0 atom stereocenters. The molecule has 2 heteroatoms. The van der Waals surface area contributed by atoms with Gasteiger partial charge in [-0.2, -0.15) is 0 Å². The number of unbranched alkanes of at least 4 members (excludes halogenated alkanes) is 1. The summed E-state index contributed by atoms with van der Waals surface area (Å²) in [4.78, 5) is 0. The highest BCUT2D eigenvalue weighted by atomic mass is 16.5. The summed E-state index contributed by atoms with van der Waals surface area (Å²) in [6.45, 7) is 11.0. The molecular weight excluding hydrogens is 164 g/mol. The van der Waals surface area contributed by atoms with Gasteiger partial charge in [0.1, 0.15) is 0 Å². The van der Waals surface area contributed by atoms with Gasteiger partial charge in [0.25, 0.3) is 0 Å². The van der Waals surface area contributed by atoms with E-state index in [0.717, 1.165) is 39.1 Å². The van der Waals surface area contributed by atoms with E-state index >= 15 is 0 Å². The lowest BCUT2D eigenvalue weighted by molar-refractivity contribution is -0.00726. The third kappa shape index (κ3) is 11.9. The Labute approximate surface area is 82.6 Å². The molecule has 0 aliphatic heterocycles. The van der Waals surface area contributed by atoms with Gasteiger partial charge in [-0.25, -0.2) is 0 Å². The predicted octanol–water partition coefficient (Wildman–Crippen LogP) is 3.01. The van der Waals surface area contributed by atoms with Crippen LogP contribution in [0.1, 0.15) is 47.0 Å². The molecule has 0 unspecified atom stereocenters. The monoisotopic (exact) mass is 188 g/mol. The molecule has 0 N–H and O–H groups in total. The summed E-state index contributed by atoms with van der Waals surface area (Å²) in [5.74, 6) is 0. The Bertz CT molecular complexity index is 105. The summed E-state index contributed by atoms with van der Waals surface area (Å²) in [6, 6.07) is 0. The second-order valence-electron chi connectivity index (χ2n) is 4.28. The van der Waals surface area contributed by atoms with Gasteiger partial charge < -0.3 is 9.47 Å². The third-order valence-electron chi connectivity index (χ3n) is 1.57. The van der Waals surface area contributed by atoms with E-state index in [1.807, 2.05) is 0 Å². The first-order valence-electron chi connectivity index (χ1n) is 5.28. The van der Waals surface area contributed by atoms with Gasteiger partial charge in [0, 0.05) is 19.8 Å². The Balaban J connectivity index is 3.00. The molecule has 0 aliphatic carbocycles. The highest BCUT2D eigenvalue weighted by molar-refractivity contribution is 4.58. The van der Waals surface area contributed by atoms with E-state index in [1.54, 1.807) is 0 Å². The lowest BCUT2D eigenvalue weighted by Crippen LogP contribution is -2.19. The summed E-state index contributed by atoms with van der Waals surface area (Å²) in [6.07, 6.45) is 3.32. The molecule has 0 aromatic heterocycles. The first kappa shape index (κ1) is 12.9. The van der Waals surface area contributed by atoms with E-state index < -0.39 is 0 Å². The summed E-state index contributed by atoms with van der Waals surface area (Å²) >= 11 is 0. The van der Waals surface area contributed by atoms with Crippen molar-refractivity contribution < 1.29 is 9.47 Å². The summed E-state index contributed by atoms with van der Waals surface area (Å²) < 4.78 is 10.9. The van der Waals surface area contributed by atoms with Crippen LogP contribution in [0, 0.1) is 0 Å². The van der Waals surface area contributed by atoms with E-state index in [4.69, 9.17) is 9.47 Å². The average molecular weight is 188 g/mol. The average Bonchev–Trinajstić information content (AvgIpc) is 2.01. The predicted molar refractivity (Wildman–Crippen MR) is 56.0 cm³/mol. The highest BCUT2D eigenvalue weighted by Gasteiger charge is 2.08. The van der Waals surface area contributed by atoms with Gasteiger partial charge in [0.2, 0.25) is 0 Å². The van der Waals surface area contributed by atoms with E-state index in [9.17, 15) is 0 Å². The highest BCUT2D eigenvalue weighted by Crippen LogP contribution is 2.07. The Morgan fingerprint density at radius 3 is 2.08 bits per heavy atom. The zero-order valence-corrected chi connectivity index (χ0v) is 9.56. The van der Waals surface area contributed by atoms with E-state index in [1.165, 1.54) is 0 Å². The molecule has 0 radical (unpaired) electrons. The number of hydrogen-bond donors (Lipinski definition) is 0. The SMILES string of the molecule is CCCOCCCCOC(C)(C)C. The van der Waals surface area contributed by atoms with Crippen LogP contribution in [0.25, 0.3) is 0 Å². The first-order chi connectivity index (χ1) is 6.06. The molecule has 0 saturated heterocycles. The number of hydrogen-bond acceptors (Lipinski definition) is 2. The van der Waals surface area contributed by atoms with Crippen molar-refractivity contribution >= 4 is 0 Å². The zero-order valence-electron chi connectivity index (χ0n) is 9.56. The fraction of sp³-hybridized carbons (Fsp3) is 1.00. The Morgan fingerprint density at radius 1 is 0.923 bits per heavy atom. The van der Waals surface area contributed by atoms with Crippen LogP contribution in [0.3, 0.4) is 0 Å². The largest absolute Gasteiger partial charge is 0.381 e. The molecule has 0 aliphatic rings. The molecule has 2 nitrogen and oxygen atoms in total. The van der Waals surface area contributed by atoms with E-state index in [2.05, 4.69) is 27.7 Å². The maximum absolute atomic E-state index is 5.58. The minimum absolute atomic E-state index is 0.00424. The van der Waals surface area contributed by atoms with E-state index in [0.29, 0.717) is 0 Å². The fourth-order valence-electron chi connectivity index (χ4n) is 0.931. The van der Waals surface area contributed by atoms with Crippen molar-refractivity contribution in [2.75, 3.05) is 19.8 Å². The van der Waals surface area contributed by atoms with Crippen LogP contribution in [-0.2, 0) is 9.47 Å². The van der Waals surface area contributed by atoms with Gasteiger partial charge in [-0.15, -0.1) is 0 Å². The van der Waals surface area contributed by atoms with Gasteiger partial charge in [-0.05, 0) is 40.0 Å². The normalized spacial score (nSPS) is 12.0. The van der Waals surface area contributed by atoms with Crippen LogP contribution >= 0.6 is 0 Å². The molecule has 0 saturated carbocycles. The number of ether oxygens (including phenoxy) is 2. The third-order valence-corrected chi connectivity index (χ3v) is 1.57. The summed E-state index contributed by atoms with van der Waals surface area (Å²) in [5.41, 5.74) is 0.00424. The first-order valence-corrected chi connectivity index (χ1v) is 5.28. The van der Waals surface area contributed by atoms with Crippen LogP contribution in [0.4, 0.5) is 0 Å². The van der Waals surface area contributed by atoms with Crippen LogP contribution in [0.15, 0.2) is 0 Å². The lowest BCUT2D eigenvalue weighted by atomic mass is 10.2. The minimum Gasteiger partial charge on any atom is -0.381 e. The molecule has 0 aromatic carbocycles. The Hall–Kier alpha value is -0.0800. The zero-order chi connectivity index (χ0) is 10.2. The molecule has 13 heavy (non-hydrogen) atoms. The molecule has 0 heterocycles. The second-order valence-corrected chi connectivity index (χ2v) is 4.28. The molecule has 0 spiro atoms. The molecular formula is C11H24O2. The summed E-state index contributed by atoms with van der Waals surface area (Å²) in [5, 5.41) is 0. The Kier molecular flexibility index (Phi) is 7.29. The second kappa shape index (κ2) is 7.34. The summed E-state index contributed by atoms with van der Waals surface area (Å²) in [7, 11) is 0. The van der Waals surface area contributed by atoms with Crippen molar-refractivity contribution in [3.8, 4) is 0 Å². The van der Waals surface area contributed by atoms with E-state index in [-0.39, 0.29) is 5.60 Å². The quantitative estimate of drug-likeness (QED) is 0.572. The molecule has 0 rings (SSSR count). The molecule has 80 valence electrons. The topological polar surface area (TPSA) is 18.5 Å². The molecule has 0 aromatic rings. The van der Waals surface area contributed by atoms with Crippen molar-refractivity contribution in [3.63, 3.8) is 0 Å². The van der Waals surface area contributed by atoms with Crippen molar-refractivity contribution in [2.24, 2.45) is 0 Å². The standard InChI is InChI=1S/C11H24O2/c1-5-8-12-9-6-7-10-13-11(2,3)4/h5-10H2,1-4H3. The minimum atomic E-state index is 0.00424. The fourth-order valence-corrected chi connectivity index (χ4v) is 0.931. The Morgan fingerprint density at radius 2 is 1.54 bits per heavy atom. The van der Waals surface area contributed by atoms with Crippen molar-refractivity contribution in [3.05, 3.63) is 0 Å².